The fourth-order valence-electron chi connectivity index (χ4n) is 2.34. The molecule has 0 spiro atoms. The molecule has 1 amide bonds. The number of rotatable bonds is 2. The summed E-state index contributed by atoms with van der Waals surface area (Å²) in [5.74, 6) is -0.268. The van der Waals surface area contributed by atoms with E-state index in [0.717, 1.165) is 31.4 Å². The quantitative estimate of drug-likeness (QED) is 0.789. The van der Waals surface area contributed by atoms with Gasteiger partial charge in [-0.25, -0.2) is 0 Å². The van der Waals surface area contributed by atoms with Crippen LogP contribution in [0, 0.1) is 6.92 Å². The van der Waals surface area contributed by atoms with Crippen LogP contribution in [0.4, 0.5) is 0 Å². The van der Waals surface area contributed by atoms with Crippen molar-refractivity contribution in [2.45, 2.75) is 31.7 Å². The van der Waals surface area contributed by atoms with Gasteiger partial charge >= 0.3 is 0 Å². The van der Waals surface area contributed by atoms with Crippen molar-refractivity contribution in [3.63, 3.8) is 0 Å². The lowest BCUT2D eigenvalue weighted by Gasteiger charge is -2.36. The number of benzene rings is 1. The first-order valence-corrected chi connectivity index (χ1v) is 5.77. The average molecular weight is 218 g/mol. The Morgan fingerprint density at radius 3 is 2.50 bits per heavy atom. The molecule has 1 aromatic rings. The molecule has 1 heterocycles. The molecule has 0 radical (unpaired) electrons. The predicted molar refractivity (Wildman–Crippen MR) is 63.9 cm³/mol. The molecule has 1 atom stereocenters. The van der Waals surface area contributed by atoms with Gasteiger partial charge in [-0.3, -0.25) is 10.1 Å². The van der Waals surface area contributed by atoms with E-state index < -0.39 is 5.54 Å². The lowest BCUT2D eigenvalue weighted by Crippen LogP contribution is -2.54. The molecule has 0 bridgehead atoms. The van der Waals surface area contributed by atoms with E-state index in [2.05, 4.69) is 5.32 Å². The molecule has 3 nitrogen and oxygen atoms in total. The van der Waals surface area contributed by atoms with Gasteiger partial charge in [-0.1, -0.05) is 29.8 Å². The zero-order valence-corrected chi connectivity index (χ0v) is 9.62. The van der Waals surface area contributed by atoms with Crippen LogP contribution in [0.3, 0.4) is 0 Å². The predicted octanol–water partition coefficient (Wildman–Crippen LogP) is 1.45. The van der Waals surface area contributed by atoms with E-state index in [4.69, 9.17) is 5.73 Å². The molecule has 16 heavy (non-hydrogen) atoms. The minimum absolute atomic E-state index is 0.268. The summed E-state index contributed by atoms with van der Waals surface area (Å²) >= 11 is 0. The highest BCUT2D eigenvalue weighted by atomic mass is 16.1. The van der Waals surface area contributed by atoms with E-state index in [1.807, 2.05) is 31.2 Å². The van der Waals surface area contributed by atoms with E-state index >= 15 is 0 Å². The molecule has 1 saturated heterocycles. The highest BCUT2D eigenvalue weighted by Crippen LogP contribution is 2.30. The van der Waals surface area contributed by atoms with E-state index in [0.29, 0.717) is 0 Å². The van der Waals surface area contributed by atoms with Gasteiger partial charge in [0.25, 0.3) is 0 Å². The molecule has 2 rings (SSSR count). The van der Waals surface area contributed by atoms with E-state index in [1.54, 1.807) is 0 Å². The van der Waals surface area contributed by atoms with Crippen LogP contribution >= 0.6 is 0 Å². The third kappa shape index (κ3) is 1.83. The summed E-state index contributed by atoms with van der Waals surface area (Å²) in [7, 11) is 0. The molecule has 1 aliphatic heterocycles. The Balaban J connectivity index is 2.38. The highest BCUT2D eigenvalue weighted by Gasteiger charge is 2.39. The van der Waals surface area contributed by atoms with Gasteiger partial charge in [0, 0.05) is 0 Å². The number of aryl methyl sites for hydroxylation is 1. The summed E-state index contributed by atoms with van der Waals surface area (Å²) in [6.07, 6.45) is 2.95. The first kappa shape index (κ1) is 11.1. The van der Waals surface area contributed by atoms with Crippen LogP contribution in [0.25, 0.3) is 0 Å². The number of nitrogens with one attached hydrogen (secondary N) is 1. The standard InChI is InChI=1S/C13H18N2O/c1-10-4-6-11(7-5-10)13(12(14)16)8-2-3-9-15-13/h4-7,15H,2-3,8-9H2,1H3,(H2,14,16). The lowest BCUT2D eigenvalue weighted by atomic mass is 9.81. The van der Waals surface area contributed by atoms with Crippen molar-refractivity contribution in [2.75, 3.05) is 6.54 Å². The van der Waals surface area contributed by atoms with Gasteiger partial charge in [0.05, 0.1) is 0 Å². The van der Waals surface area contributed by atoms with Crippen molar-refractivity contribution in [1.82, 2.24) is 5.32 Å². The number of hydrogen-bond donors (Lipinski definition) is 2. The number of carbonyl (C=O) groups excluding carboxylic acids is 1. The molecule has 3 heteroatoms. The molecule has 1 unspecified atom stereocenters. The SMILES string of the molecule is Cc1ccc(C2(C(N)=O)CCCCN2)cc1. The van der Waals surface area contributed by atoms with Crippen LogP contribution in [0.2, 0.25) is 0 Å². The fraction of sp³-hybridized carbons (Fsp3) is 0.462. The number of piperidine rings is 1. The fourth-order valence-corrected chi connectivity index (χ4v) is 2.34. The van der Waals surface area contributed by atoms with Gasteiger partial charge in [0.1, 0.15) is 5.54 Å². The summed E-state index contributed by atoms with van der Waals surface area (Å²) in [4.78, 5) is 11.7. The van der Waals surface area contributed by atoms with Crippen LogP contribution in [0.1, 0.15) is 30.4 Å². The Kier molecular flexibility index (Phi) is 2.97. The second-order valence-electron chi connectivity index (χ2n) is 4.52. The smallest absolute Gasteiger partial charge is 0.242 e. The van der Waals surface area contributed by atoms with E-state index in [9.17, 15) is 4.79 Å². The van der Waals surface area contributed by atoms with Crippen molar-refractivity contribution in [3.05, 3.63) is 35.4 Å². The van der Waals surface area contributed by atoms with Crippen molar-refractivity contribution in [1.29, 1.82) is 0 Å². The molecule has 1 fully saturated rings. The largest absolute Gasteiger partial charge is 0.368 e. The maximum absolute atomic E-state index is 11.7. The Bertz CT molecular complexity index is 377. The first-order valence-electron chi connectivity index (χ1n) is 5.77. The minimum atomic E-state index is -0.647. The van der Waals surface area contributed by atoms with Gasteiger partial charge in [0.2, 0.25) is 5.91 Å². The zero-order valence-electron chi connectivity index (χ0n) is 9.62. The number of amides is 1. The maximum Gasteiger partial charge on any atom is 0.242 e. The van der Waals surface area contributed by atoms with E-state index in [-0.39, 0.29) is 5.91 Å². The number of carbonyl (C=O) groups is 1. The normalized spacial score (nSPS) is 25.3. The molecular formula is C13H18N2O. The third-order valence-corrected chi connectivity index (χ3v) is 3.37. The summed E-state index contributed by atoms with van der Waals surface area (Å²) < 4.78 is 0. The number of hydrogen-bond acceptors (Lipinski definition) is 2. The van der Waals surface area contributed by atoms with Gasteiger partial charge < -0.3 is 5.73 Å². The van der Waals surface area contributed by atoms with Crippen LogP contribution in [-0.4, -0.2) is 12.5 Å². The topological polar surface area (TPSA) is 55.1 Å². The Labute approximate surface area is 96.0 Å². The van der Waals surface area contributed by atoms with Gasteiger partial charge in [0.15, 0.2) is 0 Å². The van der Waals surface area contributed by atoms with E-state index in [1.165, 1.54) is 5.56 Å². The molecule has 0 aromatic heterocycles. The summed E-state index contributed by atoms with van der Waals surface area (Å²) in [6.45, 7) is 2.89. The first-order chi connectivity index (χ1) is 7.65. The molecular weight excluding hydrogens is 200 g/mol. The monoisotopic (exact) mass is 218 g/mol. The minimum Gasteiger partial charge on any atom is -0.368 e. The summed E-state index contributed by atoms with van der Waals surface area (Å²) in [5.41, 5.74) is 7.11. The second-order valence-corrected chi connectivity index (χ2v) is 4.52. The molecule has 0 aliphatic carbocycles. The molecule has 86 valence electrons. The summed E-state index contributed by atoms with van der Waals surface area (Å²) in [6, 6.07) is 8.05. The van der Waals surface area contributed by atoms with Crippen LogP contribution < -0.4 is 11.1 Å². The van der Waals surface area contributed by atoms with Crippen molar-refractivity contribution >= 4 is 5.91 Å². The van der Waals surface area contributed by atoms with Gasteiger partial charge in [-0.15, -0.1) is 0 Å². The highest BCUT2D eigenvalue weighted by molar-refractivity contribution is 5.86. The second kappa shape index (κ2) is 4.26. The molecule has 3 N–H and O–H groups in total. The number of nitrogens with two attached hydrogens (primary N) is 1. The Hall–Kier alpha value is -1.35. The van der Waals surface area contributed by atoms with Crippen molar-refractivity contribution in [2.24, 2.45) is 5.73 Å². The Morgan fingerprint density at radius 1 is 1.31 bits per heavy atom. The van der Waals surface area contributed by atoms with Crippen molar-refractivity contribution < 1.29 is 4.79 Å². The Morgan fingerprint density at radius 2 is 2.00 bits per heavy atom. The molecule has 0 saturated carbocycles. The van der Waals surface area contributed by atoms with Gasteiger partial charge in [-0.2, -0.15) is 0 Å². The third-order valence-electron chi connectivity index (χ3n) is 3.37. The molecule has 1 aromatic carbocycles. The lowest BCUT2D eigenvalue weighted by molar-refractivity contribution is -0.125. The maximum atomic E-state index is 11.7. The molecule has 1 aliphatic rings. The number of primary amides is 1. The zero-order chi connectivity index (χ0) is 11.6. The van der Waals surface area contributed by atoms with Crippen LogP contribution in [-0.2, 0) is 10.3 Å². The summed E-state index contributed by atoms with van der Waals surface area (Å²) in [5, 5.41) is 3.29. The van der Waals surface area contributed by atoms with Crippen molar-refractivity contribution in [3.8, 4) is 0 Å². The average Bonchev–Trinajstić information content (AvgIpc) is 2.30. The van der Waals surface area contributed by atoms with Gasteiger partial charge in [-0.05, 0) is 38.3 Å². The van der Waals surface area contributed by atoms with Crippen LogP contribution in [0.15, 0.2) is 24.3 Å². The van der Waals surface area contributed by atoms with Crippen LogP contribution in [0.5, 0.6) is 0 Å².